The van der Waals surface area contributed by atoms with Gasteiger partial charge in [0.05, 0.1) is 12.6 Å². The molecule has 3 N–H and O–H groups in total. The number of aliphatic hydroxyl groups excluding tert-OH is 1. The molecule has 1 amide bonds. The molecule has 0 spiro atoms. The molecule has 6 heteroatoms. The molecule has 1 aromatic heterocycles. The van der Waals surface area contributed by atoms with Crippen molar-refractivity contribution in [3.8, 4) is 0 Å². The first-order valence-electron chi connectivity index (χ1n) is 8.92. The first-order chi connectivity index (χ1) is 12.7. The number of aromatic nitrogens is 1. The Morgan fingerprint density at radius 3 is 2.77 bits per heavy atom. The minimum absolute atomic E-state index is 0.000899. The molecule has 138 valence electrons. The summed E-state index contributed by atoms with van der Waals surface area (Å²) in [6.45, 7) is 0.749. The third-order valence-electron chi connectivity index (χ3n) is 4.66. The van der Waals surface area contributed by atoms with E-state index >= 15 is 0 Å². The Labute approximate surface area is 154 Å². The summed E-state index contributed by atoms with van der Waals surface area (Å²) in [5.74, 6) is 0.000899. The van der Waals surface area contributed by atoms with Crippen LogP contribution in [0.5, 0.6) is 0 Å². The molecule has 2 heterocycles. The van der Waals surface area contributed by atoms with Gasteiger partial charge in [0, 0.05) is 32.0 Å². The van der Waals surface area contributed by atoms with Crippen LogP contribution >= 0.6 is 0 Å². The Kier molecular flexibility index (Phi) is 6.22. The Morgan fingerprint density at radius 2 is 2.08 bits per heavy atom. The Bertz CT molecular complexity index is 741. The van der Waals surface area contributed by atoms with Crippen LogP contribution in [0.3, 0.4) is 0 Å². The normalized spacial score (nSPS) is 19.9. The Hall–Kier alpha value is -2.41. The molecule has 3 rings (SSSR count). The van der Waals surface area contributed by atoms with Crippen LogP contribution in [-0.2, 0) is 11.8 Å². The summed E-state index contributed by atoms with van der Waals surface area (Å²) in [7, 11) is 2.00. The summed E-state index contributed by atoms with van der Waals surface area (Å²) in [5.41, 5.74) is 8.55. The van der Waals surface area contributed by atoms with E-state index < -0.39 is 0 Å². The lowest BCUT2D eigenvalue weighted by atomic mass is 10.1. The van der Waals surface area contributed by atoms with Gasteiger partial charge < -0.3 is 14.6 Å². The fourth-order valence-electron chi connectivity index (χ4n) is 3.26. The Balaban J connectivity index is 1.60. The number of carbonyl (C=O) groups is 1. The van der Waals surface area contributed by atoms with Crippen LogP contribution < -0.4 is 10.9 Å². The zero-order valence-corrected chi connectivity index (χ0v) is 15.0. The lowest BCUT2D eigenvalue weighted by molar-refractivity contribution is -0.133. The number of aliphatic hydroxyl groups is 1. The molecule has 2 aromatic rings. The van der Waals surface area contributed by atoms with Crippen LogP contribution in [0.4, 0.5) is 0 Å². The summed E-state index contributed by atoms with van der Waals surface area (Å²) in [4.78, 5) is 14.5. The molecule has 6 nitrogen and oxygen atoms in total. The smallest absolute Gasteiger partial charge is 0.241 e. The molecule has 1 aliphatic rings. The molecule has 2 atom stereocenters. The van der Waals surface area contributed by atoms with Crippen molar-refractivity contribution >= 4 is 12.0 Å². The number of benzene rings is 1. The van der Waals surface area contributed by atoms with Crippen molar-refractivity contribution in [3.63, 3.8) is 0 Å². The van der Waals surface area contributed by atoms with E-state index in [9.17, 15) is 9.90 Å². The number of aryl methyl sites for hydroxylation is 1. The highest BCUT2D eigenvalue weighted by molar-refractivity contribution is 5.82. The quantitative estimate of drug-likeness (QED) is 0.704. The van der Waals surface area contributed by atoms with Crippen LogP contribution in [0.1, 0.15) is 23.7 Å². The zero-order valence-electron chi connectivity index (χ0n) is 15.0. The van der Waals surface area contributed by atoms with Crippen LogP contribution in [0, 0.1) is 0 Å². The summed E-state index contributed by atoms with van der Waals surface area (Å²) in [6.07, 6.45) is 6.63. The molecule has 1 aliphatic heterocycles. The second-order valence-corrected chi connectivity index (χ2v) is 6.49. The third-order valence-corrected chi connectivity index (χ3v) is 4.66. The fraction of sp³-hybridized carbons (Fsp3) is 0.350. The van der Waals surface area contributed by atoms with E-state index in [1.54, 1.807) is 4.90 Å². The number of hydrazine groups is 1. The number of hydrogen-bond acceptors (Lipinski definition) is 4. The maximum atomic E-state index is 12.8. The van der Waals surface area contributed by atoms with Gasteiger partial charge in [-0.05, 0) is 24.1 Å². The van der Waals surface area contributed by atoms with Crippen molar-refractivity contribution < 1.29 is 9.90 Å². The average molecular weight is 354 g/mol. The van der Waals surface area contributed by atoms with Crippen molar-refractivity contribution in [1.29, 1.82) is 0 Å². The maximum Gasteiger partial charge on any atom is 0.241 e. The molecule has 0 bridgehead atoms. The monoisotopic (exact) mass is 354 g/mol. The van der Waals surface area contributed by atoms with Gasteiger partial charge >= 0.3 is 0 Å². The van der Waals surface area contributed by atoms with Crippen molar-refractivity contribution in [1.82, 2.24) is 20.3 Å². The molecule has 2 unspecified atom stereocenters. The predicted octanol–water partition coefficient (Wildman–Crippen LogP) is 1.47. The summed E-state index contributed by atoms with van der Waals surface area (Å²) < 4.78 is 2.06. The molecule has 1 saturated heterocycles. The zero-order chi connectivity index (χ0) is 18.4. The van der Waals surface area contributed by atoms with Gasteiger partial charge in [-0.2, -0.15) is 0 Å². The molecular weight excluding hydrogens is 328 g/mol. The maximum absolute atomic E-state index is 12.8. The largest absolute Gasteiger partial charge is 0.395 e. The second-order valence-electron chi connectivity index (χ2n) is 6.49. The van der Waals surface area contributed by atoms with Crippen LogP contribution in [0.25, 0.3) is 6.08 Å². The number of nitrogens with zero attached hydrogens (tertiary/aromatic N) is 2. The van der Waals surface area contributed by atoms with Crippen molar-refractivity contribution in [2.45, 2.75) is 18.5 Å². The number of amides is 1. The number of rotatable bonds is 7. The molecular formula is C20H26N4O2. The van der Waals surface area contributed by atoms with Gasteiger partial charge in [-0.25, -0.2) is 10.9 Å². The number of nitrogens with one attached hydrogen (secondary N) is 2. The summed E-state index contributed by atoms with van der Waals surface area (Å²) >= 11 is 0. The van der Waals surface area contributed by atoms with Crippen LogP contribution in [0.15, 0.2) is 54.7 Å². The minimum atomic E-state index is -0.299. The van der Waals surface area contributed by atoms with E-state index in [1.807, 2.05) is 61.8 Å². The fourth-order valence-corrected chi connectivity index (χ4v) is 3.26. The third kappa shape index (κ3) is 4.40. The van der Waals surface area contributed by atoms with Gasteiger partial charge in [0.1, 0.15) is 6.04 Å². The van der Waals surface area contributed by atoms with E-state index in [0.717, 1.165) is 11.3 Å². The van der Waals surface area contributed by atoms with Gasteiger partial charge in [-0.1, -0.05) is 42.5 Å². The summed E-state index contributed by atoms with van der Waals surface area (Å²) in [6, 6.07) is 13.8. The van der Waals surface area contributed by atoms with Crippen molar-refractivity contribution in [2.75, 3.05) is 19.7 Å². The highest BCUT2D eigenvalue weighted by atomic mass is 16.3. The minimum Gasteiger partial charge on any atom is -0.395 e. The molecule has 1 aromatic carbocycles. The Morgan fingerprint density at radius 1 is 1.27 bits per heavy atom. The van der Waals surface area contributed by atoms with E-state index in [-0.39, 0.29) is 24.6 Å². The van der Waals surface area contributed by atoms with E-state index in [0.29, 0.717) is 19.5 Å². The first-order valence-corrected chi connectivity index (χ1v) is 8.92. The molecule has 26 heavy (non-hydrogen) atoms. The van der Waals surface area contributed by atoms with Crippen LogP contribution in [-0.4, -0.2) is 46.2 Å². The molecule has 0 aliphatic carbocycles. The SMILES string of the molecule is Cn1cccc1C1CC(C(=O)N(C/C=C/c2ccccc2)CCO)NN1. The summed E-state index contributed by atoms with van der Waals surface area (Å²) in [5, 5.41) is 9.33. The van der Waals surface area contributed by atoms with Crippen molar-refractivity contribution in [2.24, 2.45) is 7.05 Å². The highest BCUT2D eigenvalue weighted by Gasteiger charge is 2.33. The highest BCUT2D eigenvalue weighted by Crippen LogP contribution is 2.23. The van der Waals surface area contributed by atoms with E-state index in [2.05, 4.69) is 21.5 Å². The van der Waals surface area contributed by atoms with Gasteiger partial charge in [-0.15, -0.1) is 0 Å². The van der Waals surface area contributed by atoms with E-state index in [1.165, 1.54) is 0 Å². The predicted molar refractivity (Wildman–Crippen MR) is 102 cm³/mol. The number of hydrogen-bond donors (Lipinski definition) is 3. The van der Waals surface area contributed by atoms with E-state index in [4.69, 9.17) is 0 Å². The van der Waals surface area contributed by atoms with Crippen molar-refractivity contribution in [3.05, 3.63) is 66.0 Å². The number of carbonyl (C=O) groups excluding carboxylic acids is 1. The lowest BCUT2D eigenvalue weighted by Gasteiger charge is -2.23. The first kappa shape index (κ1) is 18.4. The average Bonchev–Trinajstić information content (AvgIpc) is 3.30. The molecule has 0 radical (unpaired) electrons. The van der Waals surface area contributed by atoms with Gasteiger partial charge in [-0.3, -0.25) is 4.79 Å². The van der Waals surface area contributed by atoms with Crippen LogP contribution in [0.2, 0.25) is 0 Å². The standard InChI is InChI=1S/C20H26N4O2/c1-23-11-6-10-19(23)17-15-18(22-21-17)20(26)24(13-14-25)12-5-9-16-7-3-2-4-8-16/h2-11,17-18,21-22,25H,12-15H2,1H3/b9-5+. The molecule has 1 fully saturated rings. The van der Waals surface area contributed by atoms with Gasteiger partial charge in [0.25, 0.3) is 0 Å². The second kappa shape index (κ2) is 8.80. The lowest BCUT2D eigenvalue weighted by Crippen LogP contribution is -2.46. The van der Waals surface area contributed by atoms with Gasteiger partial charge in [0.15, 0.2) is 0 Å². The van der Waals surface area contributed by atoms with Gasteiger partial charge in [0.2, 0.25) is 5.91 Å². The molecule has 0 saturated carbocycles. The topological polar surface area (TPSA) is 69.5 Å².